The van der Waals surface area contributed by atoms with Crippen molar-refractivity contribution in [2.24, 2.45) is 5.41 Å². The van der Waals surface area contributed by atoms with Crippen molar-refractivity contribution in [1.29, 1.82) is 0 Å². The molecule has 1 amide bonds. The Bertz CT molecular complexity index is 516. The van der Waals surface area contributed by atoms with Crippen molar-refractivity contribution in [3.05, 3.63) is 35.4 Å². The predicted molar refractivity (Wildman–Crippen MR) is 71.6 cm³/mol. The Kier molecular flexibility index (Phi) is 3.35. The fourth-order valence-corrected chi connectivity index (χ4v) is 2.55. The average Bonchev–Trinajstić information content (AvgIpc) is 2.66. The van der Waals surface area contributed by atoms with Gasteiger partial charge < -0.3 is 9.64 Å². The highest BCUT2D eigenvalue weighted by molar-refractivity contribution is 6.00. The molecule has 2 rings (SSSR count). The fourth-order valence-electron chi connectivity index (χ4n) is 2.55. The van der Waals surface area contributed by atoms with E-state index in [9.17, 15) is 9.59 Å². The summed E-state index contributed by atoms with van der Waals surface area (Å²) >= 11 is 0. The zero-order chi connectivity index (χ0) is 14.2. The largest absolute Gasteiger partial charge is 0.467 e. The van der Waals surface area contributed by atoms with E-state index in [1.165, 1.54) is 7.11 Å². The van der Waals surface area contributed by atoms with Crippen molar-refractivity contribution in [2.45, 2.75) is 33.4 Å². The van der Waals surface area contributed by atoms with E-state index in [-0.39, 0.29) is 17.3 Å². The molecule has 0 fully saturated rings. The molecule has 0 spiro atoms. The van der Waals surface area contributed by atoms with Gasteiger partial charge in [-0.15, -0.1) is 0 Å². The second kappa shape index (κ2) is 4.68. The van der Waals surface area contributed by atoms with Crippen molar-refractivity contribution in [2.75, 3.05) is 7.11 Å². The molecule has 1 unspecified atom stereocenters. The van der Waals surface area contributed by atoms with Crippen LogP contribution in [0.1, 0.15) is 36.7 Å². The molecule has 1 aromatic rings. The van der Waals surface area contributed by atoms with Crippen LogP contribution >= 0.6 is 0 Å². The van der Waals surface area contributed by atoms with Crippen LogP contribution in [0.15, 0.2) is 24.3 Å². The predicted octanol–water partition coefficient (Wildman–Crippen LogP) is 2.23. The minimum absolute atomic E-state index is 0.0964. The second-order valence-electron chi connectivity index (χ2n) is 5.88. The highest BCUT2D eigenvalue weighted by atomic mass is 16.5. The van der Waals surface area contributed by atoms with Crippen LogP contribution in [0.25, 0.3) is 0 Å². The highest BCUT2D eigenvalue weighted by Crippen LogP contribution is 2.32. The SMILES string of the molecule is COC(=O)C(N1Cc2ccccc2C1=O)C(C)(C)C. The van der Waals surface area contributed by atoms with Crippen molar-refractivity contribution < 1.29 is 14.3 Å². The Labute approximate surface area is 113 Å². The molecule has 1 aromatic carbocycles. The molecule has 0 bridgehead atoms. The molecular weight excluding hydrogens is 242 g/mol. The van der Waals surface area contributed by atoms with Gasteiger partial charge in [0.15, 0.2) is 0 Å². The maximum atomic E-state index is 12.4. The maximum absolute atomic E-state index is 12.4. The maximum Gasteiger partial charge on any atom is 0.329 e. The summed E-state index contributed by atoms with van der Waals surface area (Å²) in [7, 11) is 1.36. The number of rotatable bonds is 2. The van der Waals surface area contributed by atoms with E-state index in [1.807, 2.05) is 39.0 Å². The highest BCUT2D eigenvalue weighted by Gasteiger charge is 2.43. The topological polar surface area (TPSA) is 46.6 Å². The summed E-state index contributed by atoms with van der Waals surface area (Å²) in [5, 5.41) is 0. The first-order valence-corrected chi connectivity index (χ1v) is 6.33. The van der Waals surface area contributed by atoms with Crippen molar-refractivity contribution in [1.82, 2.24) is 4.90 Å². The third-order valence-electron chi connectivity index (χ3n) is 3.41. The molecule has 19 heavy (non-hydrogen) atoms. The van der Waals surface area contributed by atoms with E-state index in [2.05, 4.69) is 0 Å². The van der Waals surface area contributed by atoms with Gasteiger partial charge in [0.2, 0.25) is 0 Å². The van der Waals surface area contributed by atoms with Gasteiger partial charge in [-0.05, 0) is 17.0 Å². The van der Waals surface area contributed by atoms with Crippen molar-refractivity contribution in [3.63, 3.8) is 0 Å². The summed E-state index contributed by atoms with van der Waals surface area (Å²) in [4.78, 5) is 26.1. The van der Waals surface area contributed by atoms with Gasteiger partial charge in [-0.1, -0.05) is 39.0 Å². The van der Waals surface area contributed by atoms with E-state index in [1.54, 1.807) is 11.0 Å². The molecule has 102 valence electrons. The van der Waals surface area contributed by atoms with Gasteiger partial charge in [0, 0.05) is 12.1 Å². The molecule has 0 radical (unpaired) electrons. The van der Waals surface area contributed by atoms with Crippen LogP contribution in [-0.2, 0) is 16.1 Å². The summed E-state index contributed by atoms with van der Waals surface area (Å²) in [6.07, 6.45) is 0. The monoisotopic (exact) mass is 261 g/mol. The molecule has 0 N–H and O–H groups in total. The number of esters is 1. The van der Waals surface area contributed by atoms with Crippen LogP contribution in [0.3, 0.4) is 0 Å². The molecule has 4 nitrogen and oxygen atoms in total. The molecule has 1 atom stereocenters. The number of benzene rings is 1. The van der Waals surface area contributed by atoms with E-state index >= 15 is 0 Å². The molecule has 0 saturated heterocycles. The third-order valence-corrected chi connectivity index (χ3v) is 3.41. The number of amides is 1. The van der Waals surface area contributed by atoms with Gasteiger partial charge in [0.05, 0.1) is 7.11 Å². The number of carbonyl (C=O) groups excluding carboxylic acids is 2. The Balaban J connectivity index is 2.37. The summed E-state index contributed by atoms with van der Waals surface area (Å²) in [5.74, 6) is -0.463. The molecule has 0 aromatic heterocycles. The summed E-state index contributed by atoms with van der Waals surface area (Å²) in [6.45, 7) is 6.27. The number of nitrogens with zero attached hydrogens (tertiary/aromatic N) is 1. The normalized spacial score (nSPS) is 16.2. The second-order valence-corrected chi connectivity index (χ2v) is 5.88. The number of carbonyl (C=O) groups is 2. The van der Waals surface area contributed by atoms with Crippen LogP contribution in [0.2, 0.25) is 0 Å². The van der Waals surface area contributed by atoms with Gasteiger partial charge in [-0.25, -0.2) is 4.79 Å². The Morgan fingerprint density at radius 2 is 1.95 bits per heavy atom. The number of methoxy groups -OCH3 is 1. The van der Waals surface area contributed by atoms with Crippen LogP contribution < -0.4 is 0 Å². The minimum Gasteiger partial charge on any atom is -0.467 e. The lowest BCUT2D eigenvalue weighted by atomic mass is 9.85. The van der Waals surface area contributed by atoms with Gasteiger partial charge in [-0.2, -0.15) is 0 Å². The van der Waals surface area contributed by atoms with Gasteiger partial charge in [0.1, 0.15) is 6.04 Å². The first-order valence-electron chi connectivity index (χ1n) is 6.33. The van der Waals surface area contributed by atoms with E-state index in [0.29, 0.717) is 12.1 Å². The molecule has 1 aliphatic rings. The first-order chi connectivity index (χ1) is 8.86. The Morgan fingerprint density at radius 3 is 2.47 bits per heavy atom. The Hall–Kier alpha value is -1.84. The molecule has 0 saturated carbocycles. The van der Waals surface area contributed by atoms with Crippen LogP contribution in [0.5, 0.6) is 0 Å². The lowest BCUT2D eigenvalue weighted by Gasteiger charge is -2.35. The van der Waals surface area contributed by atoms with E-state index in [0.717, 1.165) is 5.56 Å². The number of ether oxygens (including phenoxy) is 1. The summed E-state index contributed by atoms with van der Waals surface area (Å²) in [6, 6.07) is 6.89. The molecule has 4 heteroatoms. The van der Waals surface area contributed by atoms with Crippen LogP contribution in [0.4, 0.5) is 0 Å². The average molecular weight is 261 g/mol. The Morgan fingerprint density at radius 1 is 1.32 bits per heavy atom. The zero-order valence-corrected chi connectivity index (χ0v) is 11.8. The van der Waals surface area contributed by atoms with Crippen molar-refractivity contribution >= 4 is 11.9 Å². The zero-order valence-electron chi connectivity index (χ0n) is 11.8. The van der Waals surface area contributed by atoms with Crippen LogP contribution in [0, 0.1) is 5.41 Å². The first kappa shape index (κ1) is 13.6. The van der Waals surface area contributed by atoms with E-state index < -0.39 is 6.04 Å². The smallest absolute Gasteiger partial charge is 0.329 e. The molecule has 0 aliphatic carbocycles. The van der Waals surface area contributed by atoms with Gasteiger partial charge in [-0.3, -0.25) is 4.79 Å². The quantitative estimate of drug-likeness (QED) is 0.767. The van der Waals surface area contributed by atoms with E-state index in [4.69, 9.17) is 4.74 Å². The molecule has 1 aliphatic heterocycles. The third kappa shape index (κ3) is 2.35. The number of fused-ring (bicyclic) bond motifs is 1. The number of hydrogen-bond acceptors (Lipinski definition) is 3. The summed E-state index contributed by atoms with van der Waals surface area (Å²) in [5.41, 5.74) is 1.27. The van der Waals surface area contributed by atoms with Gasteiger partial charge in [0.25, 0.3) is 5.91 Å². The standard InChI is InChI=1S/C15H19NO3/c1-15(2,3)12(14(18)19-4)16-9-10-7-5-6-8-11(10)13(16)17/h5-8,12H,9H2,1-4H3. The molecular formula is C15H19NO3. The van der Waals surface area contributed by atoms with Crippen LogP contribution in [-0.4, -0.2) is 29.9 Å². The fraction of sp³-hybridized carbons (Fsp3) is 0.467. The lowest BCUT2D eigenvalue weighted by molar-refractivity contribution is -0.150. The summed E-state index contributed by atoms with van der Waals surface area (Å²) < 4.78 is 4.87. The lowest BCUT2D eigenvalue weighted by Crippen LogP contribution is -2.50. The number of hydrogen-bond donors (Lipinski definition) is 0. The van der Waals surface area contributed by atoms with Crippen molar-refractivity contribution in [3.8, 4) is 0 Å². The molecule has 1 heterocycles. The minimum atomic E-state index is -0.572. The van der Waals surface area contributed by atoms with Gasteiger partial charge >= 0.3 is 5.97 Å².